The Balaban J connectivity index is 3.29. The Morgan fingerprint density at radius 2 is 2.14 bits per heavy atom. The SMILES string of the molecule is CC/C(C)=N\[N]C. The van der Waals surface area contributed by atoms with Crippen molar-refractivity contribution in [3.8, 4) is 0 Å². The first-order chi connectivity index (χ1) is 3.31. The fourth-order valence-corrected chi connectivity index (χ4v) is 0.241. The summed E-state index contributed by atoms with van der Waals surface area (Å²) < 4.78 is 0. The minimum Gasteiger partial charge on any atom is -0.193 e. The molecule has 41 valence electrons. The summed E-state index contributed by atoms with van der Waals surface area (Å²) in [7, 11) is 1.68. The maximum Gasteiger partial charge on any atom is 0.0491 e. The second-order valence-electron chi connectivity index (χ2n) is 1.39. The fourth-order valence-electron chi connectivity index (χ4n) is 0.241. The molecule has 0 aliphatic heterocycles. The van der Waals surface area contributed by atoms with E-state index in [9.17, 15) is 0 Å². The van der Waals surface area contributed by atoms with Crippen LogP contribution < -0.4 is 5.43 Å². The zero-order valence-corrected chi connectivity index (χ0v) is 5.10. The lowest BCUT2D eigenvalue weighted by Crippen LogP contribution is -1.92. The Labute approximate surface area is 44.6 Å². The third kappa shape index (κ3) is 3.30. The Hall–Kier alpha value is -0.530. The summed E-state index contributed by atoms with van der Waals surface area (Å²) in [5.41, 5.74) is 4.68. The average Bonchev–Trinajstić information content (AvgIpc) is 1.68. The van der Waals surface area contributed by atoms with Crippen LogP contribution in [0.3, 0.4) is 0 Å². The van der Waals surface area contributed by atoms with Gasteiger partial charge in [0.2, 0.25) is 0 Å². The van der Waals surface area contributed by atoms with Gasteiger partial charge in [-0.1, -0.05) is 6.92 Å². The predicted molar refractivity (Wildman–Crippen MR) is 31.5 cm³/mol. The van der Waals surface area contributed by atoms with E-state index < -0.39 is 0 Å². The number of nitrogens with zero attached hydrogens (tertiary/aromatic N) is 2. The lowest BCUT2D eigenvalue weighted by atomic mass is 10.3. The second-order valence-corrected chi connectivity index (χ2v) is 1.39. The van der Waals surface area contributed by atoms with E-state index in [4.69, 9.17) is 0 Å². The van der Waals surface area contributed by atoms with Gasteiger partial charge in [-0.2, -0.15) is 10.5 Å². The molecular formula is C5H11N2. The molecule has 7 heavy (non-hydrogen) atoms. The molecule has 2 heteroatoms. The molecule has 0 saturated heterocycles. The highest BCUT2D eigenvalue weighted by Crippen LogP contribution is 1.79. The largest absolute Gasteiger partial charge is 0.193 e. The van der Waals surface area contributed by atoms with Gasteiger partial charge in [-0.15, -0.1) is 0 Å². The van der Waals surface area contributed by atoms with Gasteiger partial charge in [0.25, 0.3) is 0 Å². The van der Waals surface area contributed by atoms with Crippen molar-refractivity contribution in [2.45, 2.75) is 20.3 Å². The zero-order chi connectivity index (χ0) is 5.70. The third-order valence-corrected chi connectivity index (χ3v) is 0.782. The second kappa shape index (κ2) is 3.65. The van der Waals surface area contributed by atoms with Crippen molar-refractivity contribution in [1.29, 1.82) is 0 Å². The van der Waals surface area contributed by atoms with Crippen molar-refractivity contribution >= 4 is 5.71 Å². The summed E-state index contributed by atoms with van der Waals surface area (Å²) >= 11 is 0. The molecule has 0 spiro atoms. The first-order valence-electron chi connectivity index (χ1n) is 2.43. The van der Waals surface area contributed by atoms with E-state index in [0.717, 1.165) is 12.1 Å². The Bertz CT molecular complexity index is 66.5. The third-order valence-electron chi connectivity index (χ3n) is 0.782. The van der Waals surface area contributed by atoms with E-state index in [-0.39, 0.29) is 0 Å². The lowest BCUT2D eigenvalue weighted by Gasteiger charge is -1.87. The molecule has 0 aromatic heterocycles. The molecule has 0 amide bonds. The quantitative estimate of drug-likeness (QED) is 0.365. The van der Waals surface area contributed by atoms with Crippen LogP contribution in [-0.4, -0.2) is 12.8 Å². The van der Waals surface area contributed by atoms with E-state index >= 15 is 0 Å². The van der Waals surface area contributed by atoms with Crippen molar-refractivity contribution < 1.29 is 0 Å². The van der Waals surface area contributed by atoms with Crippen LogP contribution in [0.15, 0.2) is 5.10 Å². The van der Waals surface area contributed by atoms with Crippen molar-refractivity contribution in [3.05, 3.63) is 0 Å². The summed E-state index contributed by atoms with van der Waals surface area (Å²) in [6, 6.07) is 0. The van der Waals surface area contributed by atoms with Crippen molar-refractivity contribution in [2.24, 2.45) is 5.10 Å². The minimum absolute atomic E-state index is 0.997. The summed E-state index contributed by atoms with van der Waals surface area (Å²) in [5, 5.41) is 3.78. The summed E-state index contributed by atoms with van der Waals surface area (Å²) in [6.45, 7) is 4.02. The molecule has 0 fully saturated rings. The number of hydrogen-bond donors (Lipinski definition) is 0. The molecule has 0 bridgehead atoms. The highest BCUT2D eigenvalue weighted by Gasteiger charge is 1.79. The summed E-state index contributed by atoms with van der Waals surface area (Å²) in [5.74, 6) is 0. The van der Waals surface area contributed by atoms with Gasteiger partial charge in [-0.3, -0.25) is 0 Å². The van der Waals surface area contributed by atoms with Gasteiger partial charge in [0.05, 0.1) is 0 Å². The summed E-state index contributed by atoms with van der Waals surface area (Å²) in [6.07, 6.45) is 0.997. The first kappa shape index (κ1) is 6.47. The van der Waals surface area contributed by atoms with E-state index in [1.807, 2.05) is 6.92 Å². The predicted octanol–water partition coefficient (Wildman–Crippen LogP) is 1.01. The Kier molecular flexibility index (Phi) is 3.38. The molecule has 0 aliphatic rings. The smallest absolute Gasteiger partial charge is 0.0491 e. The van der Waals surface area contributed by atoms with Crippen LogP contribution in [0.2, 0.25) is 0 Å². The molecule has 0 aromatic carbocycles. The van der Waals surface area contributed by atoms with E-state index in [2.05, 4.69) is 17.5 Å². The van der Waals surface area contributed by atoms with E-state index in [0.29, 0.717) is 0 Å². The van der Waals surface area contributed by atoms with Gasteiger partial charge in [-0.25, -0.2) is 0 Å². The summed E-state index contributed by atoms with van der Waals surface area (Å²) in [4.78, 5) is 0. The van der Waals surface area contributed by atoms with Gasteiger partial charge < -0.3 is 0 Å². The fraction of sp³-hybridized carbons (Fsp3) is 0.800. The van der Waals surface area contributed by atoms with Crippen LogP contribution in [0.1, 0.15) is 20.3 Å². The van der Waals surface area contributed by atoms with E-state index in [1.165, 1.54) is 0 Å². The van der Waals surface area contributed by atoms with Gasteiger partial charge in [0.15, 0.2) is 0 Å². The van der Waals surface area contributed by atoms with Crippen LogP contribution >= 0.6 is 0 Å². The Morgan fingerprint density at radius 1 is 1.57 bits per heavy atom. The maximum atomic E-state index is 3.78. The van der Waals surface area contributed by atoms with E-state index in [1.54, 1.807) is 7.05 Å². The minimum atomic E-state index is 0.997. The van der Waals surface area contributed by atoms with Crippen molar-refractivity contribution in [1.82, 2.24) is 5.43 Å². The van der Waals surface area contributed by atoms with Gasteiger partial charge in [0.1, 0.15) is 0 Å². The Morgan fingerprint density at radius 3 is 2.29 bits per heavy atom. The van der Waals surface area contributed by atoms with Gasteiger partial charge in [0, 0.05) is 12.8 Å². The molecule has 0 N–H and O–H groups in total. The standard InChI is InChI=1S/C5H11N2/c1-4-5(2)7-6-3/h4H2,1-3H3/b7-5-. The zero-order valence-electron chi connectivity index (χ0n) is 5.10. The van der Waals surface area contributed by atoms with Crippen LogP contribution in [-0.2, 0) is 0 Å². The van der Waals surface area contributed by atoms with Crippen LogP contribution in [0.4, 0.5) is 0 Å². The molecule has 0 heterocycles. The van der Waals surface area contributed by atoms with Gasteiger partial charge in [-0.05, 0) is 13.3 Å². The maximum absolute atomic E-state index is 3.78. The number of hydrogen-bond acceptors (Lipinski definition) is 1. The van der Waals surface area contributed by atoms with Crippen LogP contribution in [0, 0.1) is 0 Å². The molecule has 0 unspecified atom stereocenters. The molecule has 0 aromatic rings. The highest BCUT2D eigenvalue weighted by molar-refractivity contribution is 5.81. The molecule has 0 rings (SSSR count). The monoisotopic (exact) mass is 99.1 g/mol. The average molecular weight is 99.2 g/mol. The molecule has 0 atom stereocenters. The van der Waals surface area contributed by atoms with Crippen LogP contribution in [0.25, 0.3) is 0 Å². The van der Waals surface area contributed by atoms with Gasteiger partial charge >= 0.3 is 0 Å². The molecule has 0 saturated carbocycles. The molecule has 0 aliphatic carbocycles. The van der Waals surface area contributed by atoms with Crippen molar-refractivity contribution in [3.63, 3.8) is 0 Å². The first-order valence-corrected chi connectivity index (χ1v) is 2.43. The lowest BCUT2D eigenvalue weighted by molar-refractivity contribution is 0.870. The molecule has 1 radical (unpaired) electrons. The highest BCUT2D eigenvalue weighted by atomic mass is 15.3. The molecule has 2 nitrogen and oxygen atoms in total. The topological polar surface area (TPSA) is 26.5 Å². The normalized spacial score (nSPS) is 11.6. The van der Waals surface area contributed by atoms with Crippen molar-refractivity contribution in [2.75, 3.05) is 7.05 Å². The van der Waals surface area contributed by atoms with Crippen LogP contribution in [0.5, 0.6) is 0 Å². The molecular weight excluding hydrogens is 88.1 g/mol. The number of rotatable bonds is 2.